The zero-order valence-electron chi connectivity index (χ0n) is 16.9. The molecule has 0 atom stereocenters. The number of hydrogen-bond donors (Lipinski definition) is 1. The molecule has 0 saturated heterocycles. The van der Waals surface area contributed by atoms with Crippen molar-refractivity contribution >= 4 is 22.0 Å². The van der Waals surface area contributed by atoms with Gasteiger partial charge in [0.15, 0.2) is 11.3 Å². The monoisotopic (exact) mass is 433 g/mol. The zero-order valence-corrected chi connectivity index (χ0v) is 16.9. The fourth-order valence-electron chi connectivity index (χ4n) is 3.67. The lowest BCUT2D eigenvalue weighted by Crippen LogP contribution is -2.06. The third-order valence-corrected chi connectivity index (χ3v) is 5.14. The molecule has 1 N–H and O–H groups in total. The molecule has 0 fully saturated rings. The summed E-state index contributed by atoms with van der Waals surface area (Å²) >= 11 is 0. The van der Waals surface area contributed by atoms with Crippen LogP contribution in [-0.4, -0.2) is 26.4 Å². The van der Waals surface area contributed by atoms with Crippen molar-refractivity contribution in [1.29, 1.82) is 0 Å². The van der Waals surface area contributed by atoms with Gasteiger partial charge in [-0.15, -0.1) is 0 Å². The van der Waals surface area contributed by atoms with E-state index < -0.39 is 11.9 Å². The molecule has 0 amide bonds. The van der Waals surface area contributed by atoms with Gasteiger partial charge in [0, 0.05) is 12.1 Å². The quantitative estimate of drug-likeness (QED) is 0.391. The smallest absolute Gasteiger partial charge is 0.437 e. The predicted molar refractivity (Wildman–Crippen MR) is 109 cm³/mol. The van der Waals surface area contributed by atoms with Crippen LogP contribution < -0.4 is 4.74 Å². The maximum absolute atomic E-state index is 13.1. The molecular formula is C22H22F3N3O3. The average Bonchev–Trinajstić information content (AvgIpc) is 3.36. The van der Waals surface area contributed by atoms with Crippen molar-refractivity contribution in [2.75, 3.05) is 6.61 Å². The SMILES string of the molecule is CCCc1c(OCCCn2cnc3cc(CO)ccc32)ccc2c(C(F)(F)F)noc12. The summed E-state index contributed by atoms with van der Waals surface area (Å²) < 4.78 is 52.4. The third-order valence-electron chi connectivity index (χ3n) is 5.14. The van der Waals surface area contributed by atoms with E-state index in [2.05, 4.69) is 10.1 Å². The lowest BCUT2D eigenvalue weighted by Gasteiger charge is -2.12. The Labute approximate surface area is 176 Å². The van der Waals surface area contributed by atoms with Gasteiger partial charge in [0.1, 0.15) is 5.75 Å². The van der Waals surface area contributed by atoms with Crippen molar-refractivity contribution in [2.24, 2.45) is 0 Å². The van der Waals surface area contributed by atoms with E-state index in [0.717, 1.165) is 23.0 Å². The highest BCUT2D eigenvalue weighted by Gasteiger charge is 2.37. The number of rotatable bonds is 8. The second-order valence-electron chi connectivity index (χ2n) is 7.32. The van der Waals surface area contributed by atoms with Crippen molar-refractivity contribution in [3.8, 4) is 5.75 Å². The van der Waals surface area contributed by atoms with E-state index in [9.17, 15) is 18.3 Å². The molecule has 0 aliphatic rings. The van der Waals surface area contributed by atoms with Crippen LogP contribution in [0.2, 0.25) is 0 Å². The second kappa shape index (κ2) is 8.58. The molecule has 2 aromatic carbocycles. The summed E-state index contributed by atoms with van der Waals surface area (Å²) in [6, 6.07) is 8.54. The van der Waals surface area contributed by atoms with Gasteiger partial charge in [0.05, 0.1) is 36.0 Å². The first kappa shape index (κ1) is 21.2. The molecule has 0 unspecified atom stereocenters. The van der Waals surface area contributed by atoms with Gasteiger partial charge in [-0.2, -0.15) is 13.2 Å². The van der Waals surface area contributed by atoms with E-state index in [1.807, 2.05) is 29.7 Å². The van der Waals surface area contributed by atoms with E-state index in [4.69, 9.17) is 9.26 Å². The maximum atomic E-state index is 13.1. The fourth-order valence-corrected chi connectivity index (χ4v) is 3.67. The van der Waals surface area contributed by atoms with Gasteiger partial charge >= 0.3 is 6.18 Å². The molecule has 4 aromatic rings. The highest BCUT2D eigenvalue weighted by atomic mass is 19.4. The van der Waals surface area contributed by atoms with Gasteiger partial charge in [-0.1, -0.05) is 24.6 Å². The Hall–Kier alpha value is -3.07. The number of halogens is 3. The third kappa shape index (κ3) is 4.23. The molecule has 0 saturated carbocycles. The number of fused-ring (bicyclic) bond motifs is 2. The summed E-state index contributed by atoms with van der Waals surface area (Å²) in [6.07, 6.45) is -0.885. The molecule has 2 aromatic heterocycles. The Bertz CT molecular complexity index is 1200. The minimum Gasteiger partial charge on any atom is -0.493 e. The first-order valence-electron chi connectivity index (χ1n) is 10.1. The number of hydrogen-bond acceptors (Lipinski definition) is 5. The molecule has 164 valence electrons. The number of imidazole rings is 1. The maximum Gasteiger partial charge on any atom is 0.437 e. The van der Waals surface area contributed by atoms with E-state index in [0.29, 0.717) is 37.3 Å². The summed E-state index contributed by atoms with van der Waals surface area (Å²) in [5, 5.41) is 12.4. The fraction of sp³-hybridized carbons (Fsp3) is 0.364. The summed E-state index contributed by atoms with van der Waals surface area (Å²) in [7, 11) is 0. The number of nitrogens with zero attached hydrogens (tertiary/aromatic N) is 3. The molecule has 31 heavy (non-hydrogen) atoms. The normalized spacial score (nSPS) is 12.2. The van der Waals surface area contributed by atoms with Gasteiger partial charge in [-0.25, -0.2) is 4.98 Å². The van der Waals surface area contributed by atoms with Gasteiger partial charge in [-0.05, 0) is 42.7 Å². The average molecular weight is 433 g/mol. The summed E-state index contributed by atoms with van der Waals surface area (Å²) in [5.41, 5.74) is 2.31. The minimum atomic E-state index is -4.57. The summed E-state index contributed by atoms with van der Waals surface area (Å²) in [5.74, 6) is 0.516. The number of aliphatic hydroxyl groups is 1. The number of aryl methyl sites for hydroxylation is 2. The number of alkyl halides is 3. The van der Waals surface area contributed by atoms with Gasteiger partial charge in [0.25, 0.3) is 0 Å². The Morgan fingerprint density at radius 2 is 2.03 bits per heavy atom. The van der Waals surface area contributed by atoms with Crippen molar-refractivity contribution in [2.45, 2.75) is 45.5 Å². The highest BCUT2D eigenvalue weighted by Crippen LogP contribution is 2.38. The van der Waals surface area contributed by atoms with Crippen LogP contribution in [0, 0.1) is 0 Å². The second-order valence-corrected chi connectivity index (χ2v) is 7.32. The van der Waals surface area contributed by atoms with Crippen LogP contribution in [-0.2, 0) is 25.7 Å². The van der Waals surface area contributed by atoms with Crippen LogP contribution in [0.15, 0.2) is 41.2 Å². The van der Waals surface area contributed by atoms with Crippen molar-refractivity contribution in [1.82, 2.24) is 14.7 Å². The Kier molecular flexibility index (Phi) is 5.86. The topological polar surface area (TPSA) is 73.3 Å². The van der Waals surface area contributed by atoms with E-state index in [1.54, 1.807) is 12.4 Å². The lowest BCUT2D eigenvalue weighted by atomic mass is 10.0. The molecule has 9 heteroatoms. The Balaban J connectivity index is 1.47. The molecule has 6 nitrogen and oxygen atoms in total. The number of aromatic nitrogens is 3. The molecular weight excluding hydrogens is 411 g/mol. The molecule has 0 bridgehead atoms. The molecule has 4 rings (SSSR count). The summed E-state index contributed by atoms with van der Waals surface area (Å²) in [6.45, 7) is 2.96. The van der Waals surface area contributed by atoms with Crippen molar-refractivity contribution < 1.29 is 27.5 Å². The number of ether oxygens (including phenoxy) is 1. The van der Waals surface area contributed by atoms with E-state index >= 15 is 0 Å². The molecule has 0 spiro atoms. The number of aliphatic hydroxyl groups excluding tert-OH is 1. The van der Waals surface area contributed by atoms with Crippen LogP contribution in [0.25, 0.3) is 22.0 Å². The largest absolute Gasteiger partial charge is 0.493 e. The van der Waals surface area contributed by atoms with Crippen molar-refractivity contribution in [3.05, 3.63) is 53.5 Å². The zero-order chi connectivity index (χ0) is 22.0. The molecule has 2 heterocycles. The Morgan fingerprint density at radius 3 is 2.77 bits per heavy atom. The number of benzene rings is 2. The predicted octanol–water partition coefficient (Wildman–Crippen LogP) is 5.11. The van der Waals surface area contributed by atoms with Crippen LogP contribution in [0.4, 0.5) is 13.2 Å². The van der Waals surface area contributed by atoms with E-state index in [1.165, 1.54) is 6.07 Å². The van der Waals surface area contributed by atoms with Gasteiger partial charge in [0.2, 0.25) is 0 Å². The highest BCUT2D eigenvalue weighted by molar-refractivity contribution is 5.85. The standard InChI is InChI=1S/C22H22F3N3O3/c1-2-4-15-19(8-6-16-20(15)31-27-21(16)22(23,24)25)30-10-3-9-28-13-26-17-11-14(12-29)5-7-18(17)28/h5-8,11,13,29H,2-4,9-10,12H2,1H3. The Morgan fingerprint density at radius 1 is 1.19 bits per heavy atom. The molecule has 0 radical (unpaired) electrons. The van der Waals surface area contributed by atoms with Crippen molar-refractivity contribution in [3.63, 3.8) is 0 Å². The van der Waals surface area contributed by atoms with Gasteiger partial charge < -0.3 is 18.9 Å². The van der Waals surface area contributed by atoms with Crippen LogP contribution in [0.3, 0.4) is 0 Å². The lowest BCUT2D eigenvalue weighted by molar-refractivity contribution is -0.141. The minimum absolute atomic E-state index is 0.0310. The van der Waals surface area contributed by atoms with Gasteiger partial charge in [-0.3, -0.25) is 0 Å². The van der Waals surface area contributed by atoms with E-state index in [-0.39, 0.29) is 17.6 Å². The van der Waals surface area contributed by atoms with Crippen LogP contribution in [0.1, 0.15) is 36.6 Å². The molecule has 0 aliphatic carbocycles. The summed E-state index contributed by atoms with van der Waals surface area (Å²) in [4.78, 5) is 4.36. The van der Waals surface area contributed by atoms with Crippen LogP contribution >= 0.6 is 0 Å². The first-order valence-corrected chi connectivity index (χ1v) is 10.1. The van der Waals surface area contributed by atoms with Crippen LogP contribution in [0.5, 0.6) is 5.75 Å². The molecule has 0 aliphatic heterocycles. The first-order chi connectivity index (χ1) is 14.9.